The molecule has 4 bridgehead atoms. The van der Waals surface area contributed by atoms with E-state index in [9.17, 15) is 0 Å². The molecule has 5 aliphatic rings. The van der Waals surface area contributed by atoms with Gasteiger partial charge in [-0.1, -0.05) is 146 Å². The number of aromatic nitrogens is 3. The minimum atomic E-state index is 0.119. The molecule has 3 nitrogen and oxygen atoms in total. The van der Waals surface area contributed by atoms with E-state index in [2.05, 4.69) is 115 Å². The van der Waals surface area contributed by atoms with Gasteiger partial charge in [-0.05, 0) is 117 Å². The molecular formula is C51H39N3. The van der Waals surface area contributed by atoms with E-state index in [0.717, 1.165) is 51.1 Å². The standard InChI is InChI=1S/C51H39N3/c1-3-13-33(14-4-1)48-52-49(34-15-5-2-6-16-34)54-50(53-48)47-42-20-9-7-18-40(42)46(41-19-8-10-21-43(41)47)35-23-24-39-38-17-11-12-22-44(38)51(45(39)30-35)36-26-31-25-32(28-36)29-37(51)27-31/h1-24,30-32,36-37H,25-29H2. The Morgan fingerprint density at radius 1 is 0.370 bits per heavy atom. The molecule has 3 heteroatoms. The summed E-state index contributed by atoms with van der Waals surface area (Å²) in [6, 6.07) is 55.3. The maximum Gasteiger partial charge on any atom is 0.165 e. The molecule has 54 heavy (non-hydrogen) atoms. The summed E-state index contributed by atoms with van der Waals surface area (Å²) < 4.78 is 0. The molecule has 0 amide bonds. The predicted octanol–water partition coefficient (Wildman–Crippen LogP) is 12.6. The molecule has 5 aliphatic carbocycles. The van der Waals surface area contributed by atoms with Crippen LogP contribution in [0.4, 0.5) is 0 Å². The minimum absolute atomic E-state index is 0.119. The van der Waals surface area contributed by atoms with Gasteiger partial charge in [-0.2, -0.15) is 0 Å². The second kappa shape index (κ2) is 11.5. The largest absolute Gasteiger partial charge is 0.208 e. The quantitative estimate of drug-likeness (QED) is 0.172. The zero-order valence-electron chi connectivity index (χ0n) is 30.1. The highest BCUT2D eigenvalue weighted by Crippen LogP contribution is 2.69. The molecule has 0 saturated heterocycles. The van der Waals surface area contributed by atoms with Gasteiger partial charge < -0.3 is 0 Å². The van der Waals surface area contributed by atoms with Gasteiger partial charge in [0.15, 0.2) is 17.5 Å². The van der Waals surface area contributed by atoms with Gasteiger partial charge in [0, 0.05) is 22.1 Å². The summed E-state index contributed by atoms with van der Waals surface area (Å²) in [5.74, 6) is 5.33. The van der Waals surface area contributed by atoms with E-state index < -0.39 is 0 Å². The third kappa shape index (κ3) is 4.27. The minimum Gasteiger partial charge on any atom is -0.208 e. The van der Waals surface area contributed by atoms with Gasteiger partial charge in [0.05, 0.1) is 0 Å². The molecule has 7 aromatic carbocycles. The van der Waals surface area contributed by atoms with Crippen LogP contribution in [0.25, 0.3) is 78.0 Å². The fourth-order valence-corrected chi connectivity index (χ4v) is 11.9. The fourth-order valence-electron chi connectivity index (χ4n) is 11.9. The number of hydrogen-bond donors (Lipinski definition) is 0. The molecule has 1 spiro atoms. The molecule has 8 aromatic rings. The Labute approximate surface area is 315 Å². The Bertz CT molecular complexity index is 2640. The van der Waals surface area contributed by atoms with Crippen LogP contribution < -0.4 is 0 Å². The highest BCUT2D eigenvalue weighted by Gasteiger charge is 2.61. The number of benzene rings is 7. The molecule has 0 radical (unpaired) electrons. The fraction of sp³-hybridized carbons (Fsp3) is 0.196. The normalized spacial score (nSPS) is 23.3. The first-order valence-electron chi connectivity index (χ1n) is 19.8. The van der Waals surface area contributed by atoms with Crippen molar-refractivity contribution in [2.24, 2.45) is 23.7 Å². The van der Waals surface area contributed by atoms with Gasteiger partial charge in [0.25, 0.3) is 0 Å². The number of rotatable bonds is 4. The van der Waals surface area contributed by atoms with Crippen LogP contribution >= 0.6 is 0 Å². The molecular weight excluding hydrogens is 655 g/mol. The van der Waals surface area contributed by atoms with Crippen molar-refractivity contribution in [1.82, 2.24) is 15.0 Å². The van der Waals surface area contributed by atoms with Gasteiger partial charge in [-0.15, -0.1) is 0 Å². The van der Waals surface area contributed by atoms with Crippen LogP contribution in [0.2, 0.25) is 0 Å². The molecule has 0 N–H and O–H groups in total. The first-order valence-corrected chi connectivity index (χ1v) is 19.8. The van der Waals surface area contributed by atoms with Gasteiger partial charge in [0.1, 0.15) is 0 Å². The van der Waals surface area contributed by atoms with Crippen molar-refractivity contribution in [1.29, 1.82) is 0 Å². The molecule has 13 rings (SSSR count). The van der Waals surface area contributed by atoms with Crippen molar-refractivity contribution in [2.75, 3.05) is 0 Å². The molecule has 258 valence electrons. The van der Waals surface area contributed by atoms with E-state index in [1.807, 2.05) is 36.4 Å². The Kier molecular flexibility index (Phi) is 6.52. The third-order valence-corrected chi connectivity index (χ3v) is 13.7. The highest BCUT2D eigenvalue weighted by molar-refractivity contribution is 6.21. The lowest BCUT2D eigenvalue weighted by Gasteiger charge is -2.61. The van der Waals surface area contributed by atoms with Crippen LogP contribution in [0.5, 0.6) is 0 Å². The summed E-state index contributed by atoms with van der Waals surface area (Å²) >= 11 is 0. The SMILES string of the molecule is c1ccc(-c2nc(-c3ccccc3)nc(-c3c4ccccc4c(-c4ccc5c(c4)C4(c6ccccc6-5)C5CC6CC(C5)CC4C6)c4ccccc34)n2)cc1. The summed E-state index contributed by atoms with van der Waals surface area (Å²) in [5.41, 5.74) is 11.8. The zero-order chi connectivity index (χ0) is 35.4. The molecule has 4 saturated carbocycles. The molecule has 0 unspecified atom stereocenters. The van der Waals surface area contributed by atoms with Crippen molar-refractivity contribution in [2.45, 2.75) is 37.5 Å². The maximum absolute atomic E-state index is 5.25. The van der Waals surface area contributed by atoms with Gasteiger partial charge in [0.2, 0.25) is 0 Å². The van der Waals surface area contributed by atoms with Crippen molar-refractivity contribution < 1.29 is 0 Å². The molecule has 0 atom stereocenters. The third-order valence-electron chi connectivity index (χ3n) is 13.7. The highest BCUT2D eigenvalue weighted by atomic mass is 15.0. The first-order chi connectivity index (χ1) is 26.7. The monoisotopic (exact) mass is 693 g/mol. The van der Waals surface area contributed by atoms with Gasteiger partial charge in [-0.3, -0.25) is 0 Å². The lowest BCUT2D eigenvalue weighted by atomic mass is 9.43. The summed E-state index contributed by atoms with van der Waals surface area (Å²) in [4.78, 5) is 15.5. The van der Waals surface area contributed by atoms with E-state index in [4.69, 9.17) is 15.0 Å². The average Bonchev–Trinajstić information content (AvgIpc) is 3.52. The summed E-state index contributed by atoms with van der Waals surface area (Å²) in [6.45, 7) is 0. The molecule has 4 fully saturated rings. The van der Waals surface area contributed by atoms with E-state index in [1.165, 1.54) is 65.1 Å². The Morgan fingerprint density at radius 2 is 0.833 bits per heavy atom. The Morgan fingerprint density at radius 3 is 1.41 bits per heavy atom. The topological polar surface area (TPSA) is 38.7 Å². The Hall–Kier alpha value is -5.93. The Balaban J connectivity index is 1.11. The summed E-state index contributed by atoms with van der Waals surface area (Å²) in [7, 11) is 0. The van der Waals surface area contributed by atoms with E-state index >= 15 is 0 Å². The van der Waals surface area contributed by atoms with Crippen molar-refractivity contribution in [3.8, 4) is 56.4 Å². The zero-order valence-corrected chi connectivity index (χ0v) is 30.1. The lowest BCUT2D eigenvalue weighted by Crippen LogP contribution is -2.55. The summed E-state index contributed by atoms with van der Waals surface area (Å²) in [5, 5.41) is 4.76. The van der Waals surface area contributed by atoms with Crippen LogP contribution in [0.3, 0.4) is 0 Å². The van der Waals surface area contributed by atoms with Crippen LogP contribution in [0, 0.1) is 23.7 Å². The first kappa shape index (κ1) is 30.5. The second-order valence-corrected chi connectivity index (χ2v) is 16.4. The van der Waals surface area contributed by atoms with Gasteiger partial charge >= 0.3 is 0 Å². The maximum atomic E-state index is 5.25. The van der Waals surface area contributed by atoms with E-state index in [-0.39, 0.29) is 5.41 Å². The van der Waals surface area contributed by atoms with Crippen molar-refractivity contribution >= 4 is 21.5 Å². The average molecular weight is 694 g/mol. The number of hydrogen-bond acceptors (Lipinski definition) is 3. The van der Waals surface area contributed by atoms with Crippen molar-refractivity contribution in [3.63, 3.8) is 0 Å². The van der Waals surface area contributed by atoms with Gasteiger partial charge in [-0.25, -0.2) is 15.0 Å². The lowest BCUT2D eigenvalue weighted by molar-refractivity contribution is -0.0399. The second-order valence-electron chi connectivity index (χ2n) is 16.4. The van der Waals surface area contributed by atoms with Crippen molar-refractivity contribution in [3.05, 3.63) is 163 Å². The van der Waals surface area contributed by atoms with Crippen LogP contribution in [0.1, 0.15) is 43.2 Å². The summed E-state index contributed by atoms with van der Waals surface area (Å²) in [6.07, 6.45) is 6.99. The predicted molar refractivity (Wildman–Crippen MR) is 220 cm³/mol. The number of nitrogens with zero attached hydrogens (tertiary/aromatic N) is 3. The van der Waals surface area contributed by atoms with E-state index in [0.29, 0.717) is 17.5 Å². The number of fused-ring (bicyclic) bond motifs is 5. The molecule has 0 aliphatic heterocycles. The van der Waals surface area contributed by atoms with Crippen LogP contribution in [-0.4, -0.2) is 15.0 Å². The molecule has 1 aromatic heterocycles. The smallest absolute Gasteiger partial charge is 0.165 e. The van der Waals surface area contributed by atoms with E-state index in [1.54, 1.807) is 11.1 Å². The van der Waals surface area contributed by atoms with Crippen LogP contribution in [0.15, 0.2) is 152 Å². The molecule has 1 heterocycles. The van der Waals surface area contributed by atoms with Crippen LogP contribution in [-0.2, 0) is 5.41 Å².